The topological polar surface area (TPSA) is 73.6 Å². The van der Waals surface area contributed by atoms with Gasteiger partial charge in [-0.3, -0.25) is 4.79 Å². The fraction of sp³-hybridized carbons (Fsp3) is 0.273. The van der Waals surface area contributed by atoms with Crippen LogP contribution in [-0.4, -0.2) is 25.3 Å². The Morgan fingerprint density at radius 2 is 1.89 bits per heavy atom. The first-order valence-corrected chi connectivity index (χ1v) is 9.21. The molecule has 6 nitrogen and oxygen atoms in total. The monoisotopic (exact) mass is 378 g/mol. The van der Waals surface area contributed by atoms with Crippen molar-refractivity contribution in [2.24, 2.45) is 0 Å². The fourth-order valence-electron chi connectivity index (χ4n) is 3.56. The summed E-state index contributed by atoms with van der Waals surface area (Å²) in [7, 11) is 3.25. The Balaban J connectivity index is 1.59. The van der Waals surface area contributed by atoms with Gasteiger partial charge in [0.25, 0.3) is 5.91 Å². The van der Waals surface area contributed by atoms with Crippen molar-refractivity contribution in [3.63, 3.8) is 0 Å². The molecule has 1 atom stereocenters. The van der Waals surface area contributed by atoms with Crippen LogP contribution in [0.15, 0.2) is 47.0 Å². The van der Waals surface area contributed by atoms with Crippen LogP contribution in [0.25, 0.3) is 11.3 Å². The van der Waals surface area contributed by atoms with Crippen molar-refractivity contribution in [2.75, 3.05) is 14.2 Å². The molecule has 1 heterocycles. The first-order chi connectivity index (χ1) is 13.6. The highest BCUT2D eigenvalue weighted by atomic mass is 16.5. The molecule has 1 amide bonds. The summed E-state index contributed by atoms with van der Waals surface area (Å²) in [6.45, 7) is 1.93. The molecule has 0 bridgehead atoms. The van der Waals surface area contributed by atoms with Crippen LogP contribution in [0.4, 0.5) is 0 Å². The first kappa shape index (κ1) is 18.1. The summed E-state index contributed by atoms with van der Waals surface area (Å²) in [5, 5.41) is 7.08. The molecule has 0 saturated heterocycles. The van der Waals surface area contributed by atoms with Gasteiger partial charge in [0.1, 0.15) is 11.5 Å². The van der Waals surface area contributed by atoms with Gasteiger partial charge in [-0.05, 0) is 55.2 Å². The van der Waals surface area contributed by atoms with Crippen LogP contribution in [0.2, 0.25) is 0 Å². The molecule has 1 aromatic heterocycles. The number of nitrogens with one attached hydrogen (secondary N) is 1. The maximum Gasteiger partial charge on any atom is 0.274 e. The number of methoxy groups -OCH3 is 2. The van der Waals surface area contributed by atoms with E-state index in [1.165, 1.54) is 5.56 Å². The van der Waals surface area contributed by atoms with Gasteiger partial charge in [-0.25, -0.2) is 0 Å². The van der Waals surface area contributed by atoms with Gasteiger partial charge in [0.2, 0.25) is 0 Å². The number of hydrogen-bond acceptors (Lipinski definition) is 5. The van der Waals surface area contributed by atoms with Crippen LogP contribution in [0.5, 0.6) is 11.5 Å². The summed E-state index contributed by atoms with van der Waals surface area (Å²) in [5.41, 5.74) is 4.25. The van der Waals surface area contributed by atoms with Crippen LogP contribution in [0.1, 0.15) is 40.1 Å². The zero-order valence-corrected chi connectivity index (χ0v) is 16.1. The number of rotatable bonds is 5. The lowest BCUT2D eigenvalue weighted by molar-refractivity contribution is 0.0930. The second kappa shape index (κ2) is 7.38. The SMILES string of the molecule is COc1cccc([C@@H](C)NC(=O)c2noc3c2CCc2ccc(OC)cc2-3)c1. The average Bonchev–Trinajstić information content (AvgIpc) is 3.18. The lowest BCUT2D eigenvalue weighted by atomic mass is 9.89. The third kappa shape index (κ3) is 3.22. The number of hydrogen-bond donors (Lipinski definition) is 1. The van der Waals surface area contributed by atoms with E-state index in [-0.39, 0.29) is 11.9 Å². The van der Waals surface area contributed by atoms with E-state index in [0.29, 0.717) is 17.9 Å². The number of aromatic nitrogens is 1. The van der Waals surface area contributed by atoms with Crippen LogP contribution < -0.4 is 14.8 Å². The van der Waals surface area contributed by atoms with Crippen molar-refractivity contribution >= 4 is 5.91 Å². The lowest BCUT2D eigenvalue weighted by Gasteiger charge is -2.17. The number of amides is 1. The summed E-state index contributed by atoms with van der Waals surface area (Å²) in [6.07, 6.45) is 1.55. The Labute approximate surface area is 163 Å². The Hall–Kier alpha value is -3.28. The summed E-state index contributed by atoms with van der Waals surface area (Å²) in [4.78, 5) is 12.9. The fourth-order valence-corrected chi connectivity index (χ4v) is 3.56. The Kier molecular flexibility index (Phi) is 4.77. The molecule has 28 heavy (non-hydrogen) atoms. The first-order valence-electron chi connectivity index (χ1n) is 9.21. The third-order valence-electron chi connectivity index (χ3n) is 5.15. The summed E-state index contributed by atoms with van der Waals surface area (Å²) < 4.78 is 16.1. The van der Waals surface area contributed by atoms with Crippen molar-refractivity contribution in [3.8, 4) is 22.8 Å². The number of ether oxygens (including phenoxy) is 2. The molecule has 1 aliphatic carbocycles. The number of aryl methyl sites for hydroxylation is 1. The second-order valence-corrected chi connectivity index (χ2v) is 6.83. The summed E-state index contributed by atoms with van der Waals surface area (Å²) >= 11 is 0. The number of nitrogens with zero attached hydrogens (tertiary/aromatic N) is 1. The van der Waals surface area contributed by atoms with E-state index in [9.17, 15) is 4.79 Å². The highest BCUT2D eigenvalue weighted by molar-refractivity contribution is 5.95. The highest BCUT2D eigenvalue weighted by Crippen LogP contribution is 2.37. The van der Waals surface area contributed by atoms with Gasteiger partial charge in [-0.2, -0.15) is 0 Å². The maximum absolute atomic E-state index is 12.9. The Morgan fingerprint density at radius 1 is 1.11 bits per heavy atom. The zero-order chi connectivity index (χ0) is 19.7. The molecule has 1 N–H and O–H groups in total. The number of carbonyl (C=O) groups excluding carboxylic acids is 1. The van der Waals surface area contributed by atoms with E-state index < -0.39 is 0 Å². The number of carbonyl (C=O) groups is 1. The Bertz CT molecular complexity index is 1030. The molecular formula is C22H22N2O4. The van der Waals surface area contributed by atoms with Gasteiger partial charge < -0.3 is 19.3 Å². The smallest absolute Gasteiger partial charge is 0.274 e. The van der Waals surface area contributed by atoms with E-state index in [2.05, 4.69) is 10.5 Å². The summed E-state index contributed by atoms with van der Waals surface area (Å²) in [6, 6.07) is 13.3. The van der Waals surface area contributed by atoms with Crippen molar-refractivity contribution in [2.45, 2.75) is 25.8 Å². The van der Waals surface area contributed by atoms with Crippen molar-refractivity contribution < 1.29 is 18.8 Å². The molecule has 0 unspecified atom stereocenters. The van der Waals surface area contributed by atoms with Crippen LogP contribution in [-0.2, 0) is 12.8 Å². The van der Waals surface area contributed by atoms with E-state index in [4.69, 9.17) is 14.0 Å². The molecule has 1 aliphatic rings. The summed E-state index contributed by atoms with van der Waals surface area (Å²) in [5.74, 6) is 1.91. The zero-order valence-electron chi connectivity index (χ0n) is 16.1. The molecule has 0 radical (unpaired) electrons. The average molecular weight is 378 g/mol. The number of benzene rings is 2. The molecule has 0 saturated carbocycles. The molecule has 6 heteroatoms. The minimum atomic E-state index is -0.244. The van der Waals surface area contributed by atoms with E-state index in [1.807, 2.05) is 49.4 Å². The van der Waals surface area contributed by atoms with Crippen molar-refractivity contribution in [3.05, 3.63) is 64.8 Å². The standard InChI is InChI=1S/C22H22N2O4/c1-13(15-5-4-6-16(11-15)26-2)23-22(25)20-18-10-8-14-7-9-17(27-3)12-19(14)21(18)28-24-20/h4-7,9,11-13H,8,10H2,1-3H3,(H,23,25)/t13-/m1/s1. The van der Waals surface area contributed by atoms with Gasteiger partial charge >= 0.3 is 0 Å². The van der Waals surface area contributed by atoms with Gasteiger partial charge in [-0.1, -0.05) is 23.4 Å². The van der Waals surface area contributed by atoms with E-state index in [1.54, 1.807) is 14.2 Å². The Morgan fingerprint density at radius 3 is 2.68 bits per heavy atom. The molecule has 0 aliphatic heterocycles. The van der Waals surface area contributed by atoms with Crippen LogP contribution in [0, 0.1) is 0 Å². The molecule has 4 rings (SSSR count). The van der Waals surface area contributed by atoms with E-state index in [0.717, 1.165) is 34.6 Å². The maximum atomic E-state index is 12.9. The molecule has 3 aromatic rings. The number of fused-ring (bicyclic) bond motifs is 3. The molecule has 144 valence electrons. The quantitative estimate of drug-likeness (QED) is 0.728. The largest absolute Gasteiger partial charge is 0.497 e. The van der Waals surface area contributed by atoms with Gasteiger partial charge in [0.05, 0.1) is 20.3 Å². The lowest BCUT2D eigenvalue weighted by Crippen LogP contribution is -2.28. The minimum Gasteiger partial charge on any atom is -0.497 e. The van der Waals surface area contributed by atoms with Crippen molar-refractivity contribution in [1.29, 1.82) is 0 Å². The van der Waals surface area contributed by atoms with Gasteiger partial charge in [-0.15, -0.1) is 0 Å². The molecule has 0 fully saturated rings. The minimum absolute atomic E-state index is 0.189. The third-order valence-corrected chi connectivity index (χ3v) is 5.15. The molecular weight excluding hydrogens is 356 g/mol. The second-order valence-electron chi connectivity index (χ2n) is 6.83. The predicted molar refractivity (Wildman–Crippen MR) is 105 cm³/mol. The van der Waals surface area contributed by atoms with Gasteiger partial charge in [0.15, 0.2) is 11.5 Å². The highest BCUT2D eigenvalue weighted by Gasteiger charge is 2.28. The van der Waals surface area contributed by atoms with Crippen molar-refractivity contribution in [1.82, 2.24) is 10.5 Å². The van der Waals surface area contributed by atoms with Crippen LogP contribution in [0.3, 0.4) is 0 Å². The molecule has 0 spiro atoms. The van der Waals surface area contributed by atoms with Gasteiger partial charge in [0, 0.05) is 11.1 Å². The van der Waals surface area contributed by atoms with E-state index >= 15 is 0 Å². The normalized spacial score (nSPS) is 13.2. The molecule has 2 aromatic carbocycles. The van der Waals surface area contributed by atoms with Crippen LogP contribution >= 0.6 is 0 Å². The predicted octanol–water partition coefficient (Wildman–Crippen LogP) is 3.95.